The molecule has 1 N–H and O–H groups in total. The van der Waals surface area contributed by atoms with Crippen molar-refractivity contribution in [1.29, 1.82) is 0 Å². The number of ether oxygens (including phenoxy) is 2. The van der Waals surface area contributed by atoms with Crippen LogP contribution in [0.2, 0.25) is 0 Å². The molecule has 0 aliphatic heterocycles. The van der Waals surface area contributed by atoms with Crippen molar-refractivity contribution in [2.75, 3.05) is 0 Å². The summed E-state index contributed by atoms with van der Waals surface area (Å²) in [7, 11) is 0. The quantitative estimate of drug-likeness (QED) is 0.580. The van der Waals surface area contributed by atoms with Gasteiger partial charge in [-0.2, -0.15) is 0 Å². The third-order valence-corrected chi connectivity index (χ3v) is 3.30. The van der Waals surface area contributed by atoms with E-state index in [0.717, 1.165) is 0 Å². The largest absolute Gasteiger partial charge is 0.508 e. The Hall–Kier alpha value is -3.60. The van der Waals surface area contributed by atoms with E-state index in [1.807, 2.05) is 0 Å². The van der Waals surface area contributed by atoms with E-state index >= 15 is 0 Å². The van der Waals surface area contributed by atoms with Crippen LogP contribution in [0.4, 0.5) is 0 Å². The molecule has 25 heavy (non-hydrogen) atoms. The van der Waals surface area contributed by atoms with E-state index in [2.05, 4.69) is 0 Å². The van der Waals surface area contributed by atoms with Crippen LogP contribution < -0.4 is 9.47 Å². The molecule has 0 spiro atoms. The smallest absolute Gasteiger partial charge is 0.343 e. The van der Waals surface area contributed by atoms with E-state index in [1.54, 1.807) is 60.7 Å². The Kier molecular flexibility index (Phi) is 4.76. The summed E-state index contributed by atoms with van der Waals surface area (Å²) in [5.74, 6) is -0.872. The molecule has 0 bridgehead atoms. The Morgan fingerprint density at radius 2 is 1.04 bits per heavy atom. The summed E-state index contributed by atoms with van der Waals surface area (Å²) in [6, 6.07) is 20.8. The molecule has 0 fully saturated rings. The monoisotopic (exact) mass is 334 g/mol. The van der Waals surface area contributed by atoms with Gasteiger partial charge in [0.2, 0.25) is 0 Å². The number of phenols is 1. The van der Waals surface area contributed by atoms with Crippen LogP contribution in [0.25, 0.3) is 0 Å². The third-order valence-electron chi connectivity index (χ3n) is 3.30. The second kappa shape index (κ2) is 7.31. The van der Waals surface area contributed by atoms with Crippen LogP contribution in [0.3, 0.4) is 0 Å². The molecule has 0 amide bonds. The van der Waals surface area contributed by atoms with Crippen molar-refractivity contribution in [1.82, 2.24) is 0 Å². The molecule has 3 aromatic rings. The number of hydrogen-bond donors (Lipinski definition) is 1. The standard InChI is InChI=1S/C20H14O5/c21-16-12-14(19(22)24-17-7-3-1-4-8-17)11-15(13-16)20(23)25-18-9-5-2-6-10-18/h1-13,21H. The maximum absolute atomic E-state index is 12.2. The Bertz CT molecular complexity index is 817. The fourth-order valence-electron chi connectivity index (χ4n) is 2.16. The van der Waals surface area contributed by atoms with Crippen molar-refractivity contribution < 1.29 is 24.2 Å². The summed E-state index contributed by atoms with van der Waals surface area (Å²) in [5, 5.41) is 9.81. The molecule has 5 nitrogen and oxygen atoms in total. The fourth-order valence-corrected chi connectivity index (χ4v) is 2.16. The van der Waals surface area contributed by atoms with Gasteiger partial charge in [0, 0.05) is 0 Å². The lowest BCUT2D eigenvalue weighted by molar-refractivity contribution is 0.0734. The first-order valence-corrected chi connectivity index (χ1v) is 7.50. The number of hydrogen-bond acceptors (Lipinski definition) is 5. The van der Waals surface area contributed by atoms with Gasteiger partial charge < -0.3 is 14.6 Å². The molecular formula is C20H14O5. The highest BCUT2D eigenvalue weighted by atomic mass is 16.5. The van der Waals surface area contributed by atoms with Crippen LogP contribution in [-0.4, -0.2) is 17.0 Å². The van der Waals surface area contributed by atoms with Crippen molar-refractivity contribution >= 4 is 11.9 Å². The summed E-state index contributed by atoms with van der Waals surface area (Å²) in [5.41, 5.74) is 0.0905. The zero-order valence-electron chi connectivity index (χ0n) is 13.1. The van der Waals surface area contributed by atoms with E-state index in [-0.39, 0.29) is 16.9 Å². The molecule has 124 valence electrons. The van der Waals surface area contributed by atoms with Crippen LogP contribution in [0, 0.1) is 0 Å². The number of phenolic OH excluding ortho intramolecular Hbond substituents is 1. The maximum Gasteiger partial charge on any atom is 0.343 e. The highest BCUT2D eigenvalue weighted by Gasteiger charge is 2.16. The average molecular weight is 334 g/mol. The molecule has 0 saturated heterocycles. The summed E-state index contributed by atoms with van der Waals surface area (Å²) in [4.78, 5) is 24.4. The molecule has 0 heterocycles. The molecule has 5 heteroatoms. The van der Waals surface area contributed by atoms with Crippen molar-refractivity contribution in [3.05, 3.63) is 90.0 Å². The number of carbonyl (C=O) groups excluding carboxylic acids is 2. The third kappa shape index (κ3) is 4.23. The van der Waals surface area contributed by atoms with Crippen LogP contribution in [0.1, 0.15) is 20.7 Å². The molecule has 0 saturated carbocycles. The van der Waals surface area contributed by atoms with Gasteiger partial charge in [-0.3, -0.25) is 0 Å². The highest BCUT2D eigenvalue weighted by Crippen LogP contribution is 2.20. The second-order valence-electron chi connectivity index (χ2n) is 5.17. The summed E-state index contributed by atoms with van der Waals surface area (Å²) in [6.45, 7) is 0. The van der Waals surface area contributed by atoms with Gasteiger partial charge >= 0.3 is 11.9 Å². The summed E-state index contributed by atoms with van der Waals surface area (Å²) in [6.07, 6.45) is 0. The molecule has 0 aliphatic carbocycles. The van der Waals surface area contributed by atoms with Crippen LogP contribution in [0.15, 0.2) is 78.9 Å². The molecule has 0 radical (unpaired) electrons. The minimum atomic E-state index is -0.684. The number of para-hydroxylation sites is 2. The summed E-state index contributed by atoms with van der Waals surface area (Å²) >= 11 is 0. The lowest BCUT2D eigenvalue weighted by atomic mass is 10.1. The van der Waals surface area contributed by atoms with Crippen molar-refractivity contribution in [2.45, 2.75) is 0 Å². The first-order chi connectivity index (χ1) is 12.1. The second-order valence-corrected chi connectivity index (χ2v) is 5.17. The molecule has 0 aromatic heterocycles. The van der Waals surface area contributed by atoms with E-state index < -0.39 is 11.9 Å². The van der Waals surface area contributed by atoms with Crippen molar-refractivity contribution in [3.63, 3.8) is 0 Å². The number of esters is 2. The van der Waals surface area contributed by atoms with E-state index in [4.69, 9.17) is 9.47 Å². The number of aromatic hydroxyl groups is 1. The Labute approximate surface area is 144 Å². The lowest BCUT2D eigenvalue weighted by Crippen LogP contribution is -2.12. The van der Waals surface area contributed by atoms with Gasteiger partial charge in [-0.05, 0) is 42.5 Å². The molecule has 3 rings (SSSR count). The number of rotatable bonds is 4. The molecular weight excluding hydrogens is 320 g/mol. The van der Waals surface area contributed by atoms with Gasteiger partial charge in [0.1, 0.15) is 17.2 Å². The molecule has 0 aliphatic rings. The minimum Gasteiger partial charge on any atom is -0.508 e. The van der Waals surface area contributed by atoms with Crippen molar-refractivity contribution in [2.24, 2.45) is 0 Å². The Balaban J connectivity index is 1.80. The molecule has 3 aromatic carbocycles. The predicted molar refractivity (Wildman–Crippen MR) is 90.9 cm³/mol. The van der Waals surface area contributed by atoms with E-state index in [1.165, 1.54) is 18.2 Å². The van der Waals surface area contributed by atoms with E-state index in [0.29, 0.717) is 11.5 Å². The van der Waals surface area contributed by atoms with Crippen molar-refractivity contribution in [3.8, 4) is 17.2 Å². The van der Waals surface area contributed by atoms with Gasteiger partial charge in [-0.25, -0.2) is 9.59 Å². The van der Waals surface area contributed by atoms with E-state index in [9.17, 15) is 14.7 Å². The lowest BCUT2D eigenvalue weighted by Gasteiger charge is -2.08. The Morgan fingerprint density at radius 3 is 1.44 bits per heavy atom. The highest BCUT2D eigenvalue weighted by molar-refractivity contribution is 5.97. The maximum atomic E-state index is 12.2. The topological polar surface area (TPSA) is 72.8 Å². The minimum absolute atomic E-state index is 0.0452. The van der Waals surface area contributed by atoms with Gasteiger partial charge in [0.25, 0.3) is 0 Å². The van der Waals surface area contributed by atoms with Crippen LogP contribution >= 0.6 is 0 Å². The zero-order chi connectivity index (χ0) is 17.6. The normalized spacial score (nSPS) is 10.1. The van der Waals surface area contributed by atoms with Gasteiger partial charge in [-0.15, -0.1) is 0 Å². The molecule has 0 atom stereocenters. The Morgan fingerprint density at radius 1 is 0.640 bits per heavy atom. The number of benzene rings is 3. The fraction of sp³-hybridized carbons (Fsp3) is 0. The average Bonchev–Trinajstić information content (AvgIpc) is 2.63. The van der Waals surface area contributed by atoms with Gasteiger partial charge in [0.15, 0.2) is 0 Å². The summed E-state index contributed by atoms with van der Waals surface area (Å²) < 4.78 is 10.4. The zero-order valence-corrected chi connectivity index (χ0v) is 13.1. The first kappa shape index (κ1) is 16.3. The number of carbonyl (C=O) groups is 2. The van der Waals surface area contributed by atoms with Gasteiger partial charge in [0.05, 0.1) is 11.1 Å². The molecule has 0 unspecified atom stereocenters. The predicted octanol–water partition coefficient (Wildman–Crippen LogP) is 3.83. The first-order valence-electron chi connectivity index (χ1n) is 7.50. The SMILES string of the molecule is O=C(Oc1ccccc1)c1cc(O)cc(C(=O)Oc2ccccc2)c1. The van der Waals surface area contributed by atoms with Crippen LogP contribution in [-0.2, 0) is 0 Å². The van der Waals surface area contributed by atoms with Crippen LogP contribution in [0.5, 0.6) is 17.2 Å². The van der Waals surface area contributed by atoms with Gasteiger partial charge in [-0.1, -0.05) is 36.4 Å².